The fraction of sp³-hybridized carbons (Fsp3) is 0.938. The van der Waals surface area contributed by atoms with Gasteiger partial charge in [-0.05, 0) is 104 Å². The molecule has 0 aromatic carbocycles. The lowest BCUT2D eigenvalue weighted by molar-refractivity contribution is -0.361. The van der Waals surface area contributed by atoms with Gasteiger partial charge < -0.3 is 89.7 Å². The van der Waals surface area contributed by atoms with Crippen LogP contribution in [0.1, 0.15) is 99.8 Å². The first kappa shape index (κ1) is 51.9. The molecule has 8 rings (SSSR count). The van der Waals surface area contributed by atoms with Crippen LogP contribution in [0.4, 0.5) is 0 Å². The summed E-state index contributed by atoms with van der Waals surface area (Å²) < 4.78 is 34.7. The van der Waals surface area contributed by atoms with Crippen molar-refractivity contribution in [3.05, 3.63) is 11.6 Å². The monoisotopic (exact) mass is 959 g/mol. The summed E-state index contributed by atoms with van der Waals surface area (Å²) >= 11 is 0. The standard InChI is InChI=1S/C48H78O19/c1-20-10-13-48(15-14-46(6)23(29(48)21(20)2)8-9-28-44(4)16-24(51)39(60)45(5,19-50)27(44)11-12-47(28,46)7)43(61)67-42-36(58)33(55)31(53)26(65-42)18-62-40-37(59)34(56)38(25(17-49)64-40)66-41-35(57)32(54)30(52)22(3)63-41/h8,20-22,24-42,49-60H,9-19H2,1-7H3/t20-,21+,22?,24-,25?,26?,27?,28?,29-,30?,31?,32?,33?,34?,35?,36?,37?,38?,39+,40?,41?,42?,44-,45-,46-,47-,48+/m1/s1. The fourth-order valence-corrected chi connectivity index (χ4v) is 15.2. The van der Waals surface area contributed by atoms with Crippen molar-refractivity contribution in [1.82, 2.24) is 0 Å². The molecule has 3 heterocycles. The third-order valence-electron chi connectivity index (χ3n) is 19.7. The van der Waals surface area contributed by atoms with Gasteiger partial charge in [0.05, 0.1) is 43.5 Å². The average Bonchev–Trinajstić information content (AvgIpc) is 3.29. The maximum atomic E-state index is 15.0. The van der Waals surface area contributed by atoms with Crippen molar-refractivity contribution in [2.75, 3.05) is 19.8 Å². The van der Waals surface area contributed by atoms with E-state index in [0.717, 1.165) is 19.3 Å². The first-order valence-electron chi connectivity index (χ1n) is 24.5. The van der Waals surface area contributed by atoms with Crippen LogP contribution in [0.5, 0.6) is 0 Å². The highest BCUT2D eigenvalue weighted by Gasteiger charge is 2.71. The van der Waals surface area contributed by atoms with Crippen molar-refractivity contribution in [3.63, 3.8) is 0 Å². The lowest BCUT2D eigenvalue weighted by atomic mass is 9.33. The Morgan fingerprint density at radius 1 is 0.701 bits per heavy atom. The van der Waals surface area contributed by atoms with Crippen LogP contribution in [0.3, 0.4) is 0 Å². The summed E-state index contributed by atoms with van der Waals surface area (Å²) in [7, 11) is 0. The van der Waals surface area contributed by atoms with E-state index in [2.05, 4.69) is 40.7 Å². The third kappa shape index (κ3) is 7.92. The van der Waals surface area contributed by atoms with Crippen LogP contribution >= 0.6 is 0 Å². The minimum Gasteiger partial charge on any atom is -0.432 e. The Kier molecular flexibility index (Phi) is 14.4. The van der Waals surface area contributed by atoms with E-state index in [9.17, 15) is 61.3 Å². The minimum absolute atomic E-state index is 0.0112. The molecule has 0 radical (unpaired) electrons. The lowest BCUT2D eigenvalue weighted by Gasteiger charge is -2.71. The Balaban J connectivity index is 0.985. The normalized spacial score (nSPS) is 56.7. The molecule has 3 saturated heterocycles. The van der Waals surface area contributed by atoms with E-state index in [1.165, 1.54) is 12.5 Å². The number of allylic oxidation sites excluding steroid dienone is 2. The maximum absolute atomic E-state index is 15.0. The molecule has 8 aliphatic rings. The molecule has 0 bridgehead atoms. The van der Waals surface area contributed by atoms with Crippen molar-refractivity contribution >= 4 is 5.97 Å². The van der Waals surface area contributed by atoms with Gasteiger partial charge in [0.2, 0.25) is 6.29 Å². The summed E-state index contributed by atoms with van der Waals surface area (Å²) in [6.07, 6.45) is -18.9. The molecule has 3 aliphatic heterocycles. The van der Waals surface area contributed by atoms with Gasteiger partial charge >= 0.3 is 5.97 Å². The Bertz CT molecular complexity index is 1820. The number of rotatable bonds is 9. The Morgan fingerprint density at radius 3 is 2.01 bits per heavy atom. The molecule has 0 amide bonds. The van der Waals surface area contributed by atoms with Crippen molar-refractivity contribution in [1.29, 1.82) is 0 Å². The van der Waals surface area contributed by atoms with Gasteiger partial charge in [0.1, 0.15) is 67.1 Å². The summed E-state index contributed by atoms with van der Waals surface area (Å²) in [5.74, 6) is -0.386. The molecule has 5 aliphatic carbocycles. The van der Waals surface area contributed by atoms with Crippen LogP contribution in [0.2, 0.25) is 0 Å². The highest BCUT2D eigenvalue weighted by molar-refractivity contribution is 5.79. The van der Waals surface area contributed by atoms with Gasteiger partial charge in [-0.2, -0.15) is 0 Å². The van der Waals surface area contributed by atoms with Crippen molar-refractivity contribution in [2.45, 2.75) is 204 Å². The molecule has 19 nitrogen and oxygen atoms in total. The maximum Gasteiger partial charge on any atom is 0.315 e. The van der Waals surface area contributed by atoms with Gasteiger partial charge in [-0.1, -0.05) is 53.2 Å². The summed E-state index contributed by atoms with van der Waals surface area (Å²) in [4.78, 5) is 15.0. The fourth-order valence-electron chi connectivity index (χ4n) is 15.2. The third-order valence-corrected chi connectivity index (χ3v) is 19.7. The smallest absolute Gasteiger partial charge is 0.315 e. The van der Waals surface area contributed by atoms with Gasteiger partial charge in [0.25, 0.3) is 0 Å². The van der Waals surface area contributed by atoms with Crippen LogP contribution in [0.25, 0.3) is 0 Å². The molecule has 19 heteroatoms. The molecular formula is C48H78O19. The Hall–Kier alpha value is -1.47. The van der Waals surface area contributed by atoms with Crippen LogP contribution in [0.15, 0.2) is 11.6 Å². The first-order chi connectivity index (χ1) is 31.4. The molecular weight excluding hydrogens is 881 g/mol. The number of aliphatic hydroxyl groups is 12. The topological polar surface area (TPSA) is 315 Å². The van der Waals surface area contributed by atoms with E-state index in [0.29, 0.717) is 32.1 Å². The molecule has 0 spiro atoms. The number of hydrogen-bond donors (Lipinski definition) is 12. The number of carbonyl (C=O) groups is 1. The van der Waals surface area contributed by atoms with Crippen molar-refractivity contribution in [2.24, 2.45) is 56.7 Å². The van der Waals surface area contributed by atoms with E-state index in [1.54, 1.807) is 0 Å². The summed E-state index contributed by atoms with van der Waals surface area (Å²) in [6.45, 7) is 13.0. The number of hydrogen-bond acceptors (Lipinski definition) is 19. The van der Waals surface area contributed by atoms with Gasteiger partial charge in [0, 0.05) is 5.41 Å². The number of carbonyl (C=O) groups excluding carboxylic acids is 1. The zero-order valence-corrected chi connectivity index (χ0v) is 39.8. The quantitative estimate of drug-likeness (QED) is 0.0971. The first-order valence-corrected chi connectivity index (χ1v) is 24.5. The SMILES string of the molecule is CC1OC(OC2C(CO)OC(OCC3OC(OC(=O)[C@]45CC[C@@H](C)[C@H](C)[C@@H]4C4=CCC6[C@]7(C)C[C@@H](O)[C@H](O)[C@](C)(CO)C7CC[C@@]6(C)[C@]4(C)CC5)C(O)C(O)C3O)C(O)C2O)C(O)C(O)C1O. The molecule has 12 N–H and O–H groups in total. The predicted molar refractivity (Wildman–Crippen MR) is 231 cm³/mol. The number of aliphatic hydroxyl groups excluding tert-OH is 12. The Labute approximate surface area is 392 Å². The van der Waals surface area contributed by atoms with Crippen LogP contribution in [-0.2, 0) is 33.2 Å². The van der Waals surface area contributed by atoms with E-state index >= 15 is 4.79 Å². The highest BCUT2D eigenvalue weighted by Crippen LogP contribution is 2.76. The number of esters is 1. The number of fused-ring (bicyclic) bond motifs is 7. The molecule has 384 valence electrons. The molecule has 67 heavy (non-hydrogen) atoms. The molecule has 0 aromatic rings. The molecule has 27 atom stereocenters. The second-order valence-corrected chi connectivity index (χ2v) is 22.9. The van der Waals surface area contributed by atoms with Crippen molar-refractivity contribution < 1.29 is 94.5 Å². The molecule has 17 unspecified atom stereocenters. The molecule has 0 aromatic heterocycles. The van der Waals surface area contributed by atoms with E-state index in [4.69, 9.17) is 28.4 Å². The highest BCUT2D eigenvalue weighted by atomic mass is 16.8. The average molecular weight is 959 g/mol. The van der Waals surface area contributed by atoms with Crippen LogP contribution < -0.4 is 0 Å². The summed E-state index contributed by atoms with van der Waals surface area (Å²) in [5.41, 5.74) is -1.64. The Morgan fingerprint density at radius 2 is 1.34 bits per heavy atom. The van der Waals surface area contributed by atoms with Crippen molar-refractivity contribution in [3.8, 4) is 0 Å². The van der Waals surface area contributed by atoms with Gasteiger partial charge in [0.15, 0.2) is 12.6 Å². The van der Waals surface area contributed by atoms with E-state index in [1.807, 2.05) is 6.92 Å². The van der Waals surface area contributed by atoms with E-state index in [-0.39, 0.29) is 52.4 Å². The minimum atomic E-state index is -1.86. The second kappa shape index (κ2) is 18.5. The lowest BCUT2D eigenvalue weighted by Crippen LogP contribution is -2.68. The summed E-state index contributed by atoms with van der Waals surface area (Å²) in [5, 5.41) is 130. The van der Waals surface area contributed by atoms with Gasteiger partial charge in [-0.15, -0.1) is 0 Å². The predicted octanol–water partition coefficient (Wildman–Crippen LogP) is -1.03. The molecule has 7 fully saturated rings. The van der Waals surface area contributed by atoms with Gasteiger partial charge in [-0.25, -0.2) is 0 Å². The van der Waals surface area contributed by atoms with Crippen LogP contribution in [0, 0.1) is 56.7 Å². The largest absolute Gasteiger partial charge is 0.432 e. The second-order valence-electron chi connectivity index (χ2n) is 22.9. The summed E-state index contributed by atoms with van der Waals surface area (Å²) in [6, 6.07) is 0. The van der Waals surface area contributed by atoms with E-state index < -0.39 is 134 Å². The number of ether oxygens (including phenoxy) is 6. The zero-order valence-electron chi connectivity index (χ0n) is 39.8. The zero-order chi connectivity index (χ0) is 49.1. The van der Waals surface area contributed by atoms with Crippen LogP contribution in [-0.4, -0.2) is 191 Å². The molecule has 4 saturated carbocycles. The van der Waals surface area contributed by atoms with Gasteiger partial charge in [-0.3, -0.25) is 4.79 Å².